The molecule has 0 saturated heterocycles. The van der Waals surface area contributed by atoms with Crippen LogP contribution in [0.25, 0.3) is 28.6 Å². The molecule has 4 aromatic rings. The first-order valence-electron chi connectivity index (χ1n) is 8.39. The summed E-state index contributed by atoms with van der Waals surface area (Å²) in [6.45, 7) is 0. The molecule has 0 aliphatic rings. The number of oxazole rings is 1. The molecule has 4 nitrogen and oxygen atoms in total. The molecule has 1 N–H and O–H groups in total. The number of amides is 1. The maximum atomic E-state index is 12.2. The second kappa shape index (κ2) is 7.48. The highest BCUT2D eigenvalue weighted by Gasteiger charge is 2.11. The van der Waals surface area contributed by atoms with Crippen molar-refractivity contribution in [1.82, 2.24) is 4.98 Å². The minimum absolute atomic E-state index is 0.268. The van der Waals surface area contributed by atoms with Gasteiger partial charge < -0.3 is 9.73 Å². The first-order chi connectivity index (χ1) is 13.2. The van der Waals surface area contributed by atoms with Gasteiger partial charge in [-0.15, -0.1) is 0 Å². The van der Waals surface area contributed by atoms with E-state index in [-0.39, 0.29) is 5.91 Å². The molecule has 0 bridgehead atoms. The zero-order valence-corrected chi connectivity index (χ0v) is 15.0. The number of hydrogen-bond donors (Lipinski definition) is 1. The number of nitrogens with zero attached hydrogens (tertiary/aromatic N) is 1. The molecule has 0 atom stereocenters. The molecule has 132 valence electrons. The highest BCUT2D eigenvalue weighted by molar-refractivity contribution is 6.34. The van der Waals surface area contributed by atoms with Crippen molar-refractivity contribution in [1.29, 1.82) is 0 Å². The van der Waals surface area contributed by atoms with Crippen LogP contribution in [0.5, 0.6) is 0 Å². The van der Waals surface area contributed by atoms with E-state index in [1.807, 2.05) is 60.7 Å². The summed E-state index contributed by atoms with van der Waals surface area (Å²) in [7, 11) is 0. The van der Waals surface area contributed by atoms with Crippen molar-refractivity contribution >= 4 is 40.4 Å². The van der Waals surface area contributed by atoms with Crippen LogP contribution < -0.4 is 5.32 Å². The maximum Gasteiger partial charge on any atom is 0.248 e. The summed E-state index contributed by atoms with van der Waals surface area (Å²) in [5.41, 5.74) is 3.66. The van der Waals surface area contributed by atoms with Gasteiger partial charge in [0.25, 0.3) is 0 Å². The Morgan fingerprint density at radius 2 is 1.78 bits per heavy atom. The molecular formula is C22H15ClN2O2. The lowest BCUT2D eigenvalue weighted by Gasteiger charge is -2.06. The van der Waals surface area contributed by atoms with Crippen LogP contribution in [-0.4, -0.2) is 10.9 Å². The average Bonchev–Trinajstić information content (AvgIpc) is 3.13. The van der Waals surface area contributed by atoms with Crippen LogP contribution in [0.4, 0.5) is 5.69 Å². The van der Waals surface area contributed by atoms with Crippen molar-refractivity contribution in [3.05, 3.63) is 89.5 Å². The Bertz CT molecular complexity index is 1100. The third kappa shape index (κ3) is 3.91. The Morgan fingerprint density at radius 3 is 2.59 bits per heavy atom. The zero-order chi connectivity index (χ0) is 18.6. The summed E-state index contributed by atoms with van der Waals surface area (Å²) < 4.78 is 5.78. The molecule has 1 aromatic heterocycles. The molecule has 27 heavy (non-hydrogen) atoms. The van der Waals surface area contributed by atoms with E-state index in [1.54, 1.807) is 18.2 Å². The van der Waals surface area contributed by atoms with Crippen LogP contribution in [0.2, 0.25) is 5.02 Å². The fraction of sp³-hybridized carbons (Fsp3) is 0. The van der Waals surface area contributed by atoms with Gasteiger partial charge in [0.15, 0.2) is 5.58 Å². The Morgan fingerprint density at radius 1 is 1.00 bits per heavy atom. The predicted molar refractivity (Wildman–Crippen MR) is 109 cm³/mol. The number of rotatable bonds is 4. The molecule has 0 spiro atoms. The molecule has 0 saturated carbocycles. The number of carbonyl (C=O) groups excluding carboxylic acids is 1. The van der Waals surface area contributed by atoms with Crippen molar-refractivity contribution in [2.24, 2.45) is 0 Å². The third-order valence-electron chi connectivity index (χ3n) is 3.99. The van der Waals surface area contributed by atoms with E-state index in [4.69, 9.17) is 16.0 Å². The first-order valence-corrected chi connectivity index (χ1v) is 8.76. The largest absolute Gasteiger partial charge is 0.436 e. The van der Waals surface area contributed by atoms with Gasteiger partial charge in [-0.2, -0.15) is 0 Å². The highest BCUT2D eigenvalue weighted by Crippen LogP contribution is 2.30. The van der Waals surface area contributed by atoms with Gasteiger partial charge in [-0.1, -0.05) is 54.1 Å². The minimum atomic E-state index is -0.268. The smallest absolute Gasteiger partial charge is 0.248 e. The van der Waals surface area contributed by atoms with Gasteiger partial charge in [-0.25, -0.2) is 4.98 Å². The lowest BCUT2D eigenvalue weighted by molar-refractivity contribution is -0.111. The summed E-state index contributed by atoms with van der Waals surface area (Å²) in [6.07, 6.45) is 3.21. The number of nitrogens with one attached hydrogen (secondary N) is 1. The van der Waals surface area contributed by atoms with Crippen LogP contribution >= 0.6 is 11.6 Å². The number of halogens is 1. The number of carbonyl (C=O) groups is 1. The molecule has 0 radical (unpaired) electrons. The van der Waals surface area contributed by atoms with Crippen molar-refractivity contribution in [3.8, 4) is 11.5 Å². The summed E-state index contributed by atoms with van der Waals surface area (Å²) in [5, 5.41) is 3.24. The Hall–Kier alpha value is -3.37. The topological polar surface area (TPSA) is 55.1 Å². The highest BCUT2D eigenvalue weighted by atomic mass is 35.5. The fourth-order valence-electron chi connectivity index (χ4n) is 2.66. The van der Waals surface area contributed by atoms with Gasteiger partial charge in [-0.05, 0) is 42.0 Å². The van der Waals surface area contributed by atoms with E-state index in [2.05, 4.69) is 10.3 Å². The molecule has 0 unspecified atom stereocenters. The minimum Gasteiger partial charge on any atom is -0.436 e. The molecule has 1 heterocycles. The van der Waals surface area contributed by atoms with E-state index in [9.17, 15) is 4.79 Å². The van der Waals surface area contributed by atoms with E-state index in [1.165, 1.54) is 6.08 Å². The van der Waals surface area contributed by atoms with Crippen LogP contribution in [-0.2, 0) is 4.79 Å². The third-order valence-corrected chi connectivity index (χ3v) is 4.32. The summed E-state index contributed by atoms with van der Waals surface area (Å²) in [6, 6.07) is 22.4. The molecular weight excluding hydrogens is 360 g/mol. The quantitative estimate of drug-likeness (QED) is 0.459. The molecule has 0 fully saturated rings. The van der Waals surface area contributed by atoms with Crippen LogP contribution in [0.3, 0.4) is 0 Å². The van der Waals surface area contributed by atoms with Crippen molar-refractivity contribution in [2.45, 2.75) is 0 Å². The van der Waals surface area contributed by atoms with Gasteiger partial charge >= 0.3 is 0 Å². The number of hydrogen-bond acceptors (Lipinski definition) is 3. The van der Waals surface area contributed by atoms with Crippen LogP contribution in [0.15, 0.2) is 83.3 Å². The summed E-state index contributed by atoms with van der Waals surface area (Å²) >= 11 is 6.23. The molecule has 5 heteroatoms. The molecule has 1 amide bonds. The van der Waals surface area contributed by atoms with Gasteiger partial charge in [0.05, 0.1) is 10.7 Å². The van der Waals surface area contributed by atoms with E-state index >= 15 is 0 Å². The van der Waals surface area contributed by atoms with E-state index in [0.29, 0.717) is 22.2 Å². The van der Waals surface area contributed by atoms with Gasteiger partial charge in [-0.3, -0.25) is 4.79 Å². The monoisotopic (exact) mass is 374 g/mol. The van der Waals surface area contributed by atoms with Crippen molar-refractivity contribution < 1.29 is 9.21 Å². The number of benzene rings is 3. The Balaban J connectivity index is 1.57. The number of aromatic nitrogens is 1. The summed E-state index contributed by atoms with van der Waals surface area (Å²) in [4.78, 5) is 16.7. The summed E-state index contributed by atoms with van der Waals surface area (Å²) in [5.74, 6) is 0.207. The number of fused-ring (bicyclic) bond motifs is 1. The number of para-hydroxylation sites is 2. The van der Waals surface area contributed by atoms with Gasteiger partial charge in [0.1, 0.15) is 5.52 Å². The lowest BCUT2D eigenvalue weighted by atomic mass is 10.2. The second-order valence-corrected chi connectivity index (χ2v) is 6.32. The zero-order valence-electron chi connectivity index (χ0n) is 14.2. The van der Waals surface area contributed by atoms with Gasteiger partial charge in [0, 0.05) is 11.6 Å². The average molecular weight is 375 g/mol. The lowest BCUT2D eigenvalue weighted by Crippen LogP contribution is -2.08. The Labute approximate surface area is 161 Å². The molecule has 3 aromatic carbocycles. The Kier molecular flexibility index (Phi) is 4.73. The van der Waals surface area contributed by atoms with E-state index < -0.39 is 0 Å². The molecule has 0 aliphatic heterocycles. The standard InChI is InChI=1S/C22H15ClN2O2/c23-17-12-11-16(22-25-18-8-4-5-9-20(18)27-22)14-19(17)24-21(26)13-10-15-6-2-1-3-7-15/h1-14H,(H,24,26)/b13-10+. The SMILES string of the molecule is O=C(/C=C/c1ccccc1)Nc1cc(-c2nc3ccccc3o2)ccc1Cl. The van der Waals surface area contributed by atoms with Crippen LogP contribution in [0, 0.1) is 0 Å². The number of anilines is 1. The fourth-order valence-corrected chi connectivity index (χ4v) is 2.83. The second-order valence-electron chi connectivity index (χ2n) is 5.91. The van der Waals surface area contributed by atoms with Crippen LogP contribution in [0.1, 0.15) is 5.56 Å². The first kappa shape index (κ1) is 17.1. The van der Waals surface area contributed by atoms with E-state index in [0.717, 1.165) is 16.6 Å². The van der Waals surface area contributed by atoms with Gasteiger partial charge in [0.2, 0.25) is 11.8 Å². The van der Waals surface area contributed by atoms with Crippen molar-refractivity contribution in [2.75, 3.05) is 5.32 Å². The normalized spacial score (nSPS) is 11.1. The maximum absolute atomic E-state index is 12.2. The van der Waals surface area contributed by atoms with Crippen molar-refractivity contribution in [3.63, 3.8) is 0 Å². The predicted octanol–water partition coefficient (Wildman–Crippen LogP) is 5.80. The molecule has 0 aliphatic carbocycles. The molecule has 4 rings (SSSR count).